The van der Waals surface area contributed by atoms with Crippen LogP contribution in [0.15, 0.2) is 47.4 Å². The highest BCUT2D eigenvalue weighted by atomic mass is 32.2. The Morgan fingerprint density at radius 2 is 1.79 bits per heavy atom. The Bertz CT molecular complexity index is 851. The van der Waals surface area contributed by atoms with Crippen molar-refractivity contribution in [3.05, 3.63) is 48.0 Å². The molecule has 0 aliphatic carbocycles. The van der Waals surface area contributed by atoms with Gasteiger partial charge in [0, 0.05) is 18.7 Å². The molecule has 0 bridgehead atoms. The van der Waals surface area contributed by atoms with Crippen LogP contribution in [0, 0.1) is 0 Å². The van der Waals surface area contributed by atoms with Crippen molar-refractivity contribution < 1.29 is 17.9 Å². The van der Waals surface area contributed by atoms with Crippen molar-refractivity contribution in [2.24, 2.45) is 5.73 Å². The van der Waals surface area contributed by atoms with E-state index < -0.39 is 10.0 Å². The van der Waals surface area contributed by atoms with E-state index in [2.05, 4.69) is 0 Å². The molecule has 1 unspecified atom stereocenters. The van der Waals surface area contributed by atoms with Crippen molar-refractivity contribution in [2.75, 3.05) is 25.1 Å². The molecule has 0 saturated carbocycles. The second-order valence-electron chi connectivity index (χ2n) is 5.65. The Morgan fingerprint density at radius 3 is 2.50 bits per heavy atom. The zero-order valence-electron chi connectivity index (χ0n) is 13.6. The lowest BCUT2D eigenvalue weighted by molar-refractivity contribution is 0.354. The lowest BCUT2D eigenvalue weighted by atomic mass is 10.0. The standard InChI is InChI=1S/C17H20N2O4S/c1-22-16-8-7-14(10-17(16)23-2)24(20,21)19-11-13(18)9-12-5-3-4-6-15(12)19/h3-8,10,13H,9,11,18H2,1-2H3. The normalized spacial score (nSPS) is 17.3. The minimum atomic E-state index is -3.75. The van der Waals surface area contributed by atoms with E-state index in [4.69, 9.17) is 15.2 Å². The average Bonchev–Trinajstić information content (AvgIpc) is 2.60. The van der Waals surface area contributed by atoms with Crippen molar-refractivity contribution >= 4 is 15.7 Å². The third kappa shape index (κ3) is 2.81. The maximum atomic E-state index is 13.1. The second-order valence-corrected chi connectivity index (χ2v) is 7.51. The quantitative estimate of drug-likeness (QED) is 0.911. The number of rotatable bonds is 4. The number of para-hydroxylation sites is 1. The fourth-order valence-electron chi connectivity index (χ4n) is 2.92. The molecule has 6 nitrogen and oxygen atoms in total. The summed E-state index contributed by atoms with van der Waals surface area (Å²) in [6, 6.07) is 11.8. The van der Waals surface area contributed by atoms with Crippen LogP contribution in [0.25, 0.3) is 0 Å². The number of nitrogens with zero attached hydrogens (tertiary/aromatic N) is 1. The summed E-state index contributed by atoms with van der Waals surface area (Å²) in [7, 11) is -0.770. The number of ether oxygens (including phenoxy) is 2. The number of sulfonamides is 1. The topological polar surface area (TPSA) is 81.9 Å². The molecule has 2 aromatic rings. The molecule has 0 amide bonds. The van der Waals surface area contributed by atoms with E-state index in [1.54, 1.807) is 12.1 Å². The second kappa shape index (κ2) is 6.33. The first kappa shape index (κ1) is 16.6. The van der Waals surface area contributed by atoms with Gasteiger partial charge in [0.2, 0.25) is 0 Å². The molecule has 1 atom stereocenters. The number of methoxy groups -OCH3 is 2. The molecule has 2 N–H and O–H groups in total. The van der Waals surface area contributed by atoms with Gasteiger partial charge < -0.3 is 15.2 Å². The fraction of sp³-hybridized carbons (Fsp3) is 0.294. The number of fused-ring (bicyclic) bond motifs is 1. The highest BCUT2D eigenvalue weighted by Crippen LogP contribution is 2.35. The largest absolute Gasteiger partial charge is 0.493 e. The summed E-state index contributed by atoms with van der Waals surface area (Å²) in [5.74, 6) is 0.848. The summed E-state index contributed by atoms with van der Waals surface area (Å²) in [5, 5.41) is 0. The molecule has 0 fully saturated rings. The van der Waals surface area contributed by atoms with Gasteiger partial charge in [0.1, 0.15) is 0 Å². The number of anilines is 1. The summed E-state index contributed by atoms with van der Waals surface area (Å²) in [6.07, 6.45) is 0.661. The molecule has 3 rings (SSSR count). The van der Waals surface area contributed by atoms with Crippen LogP contribution in [0.4, 0.5) is 5.69 Å². The van der Waals surface area contributed by atoms with Gasteiger partial charge in [-0.3, -0.25) is 4.31 Å². The van der Waals surface area contributed by atoms with E-state index in [-0.39, 0.29) is 17.5 Å². The maximum absolute atomic E-state index is 13.1. The summed E-state index contributed by atoms with van der Waals surface area (Å²) >= 11 is 0. The van der Waals surface area contributed by atoms with Gasteiger partial charge in [0.25, 0.3) is 10.0 Å². The Hall–Kier alpha value is -2.25. The smallest absolute Gasteiger partial charge is 0.264 e. The number of nitrogens with two attached hydrogens (primary N) is 1. The Morgan fingerprint density at radius 1 is 1.08 bits per heavy atom. The summed E-state index contributed by atoms with van der Waals surface area (Å²) in [6.45, 7) is 0.244. The number of hydrogen-bond donors (Lipinski definition) is 1. The summed E-state index contributed by atoms with van der Waals surface area (Å²) in [5.41, 5.74) is 7.67. The van der Waals surface area contributed by atoms with Crippen molar-refractivity contribution in [3.63, 3.8) is 0 Å². The molecule has 24 heavy (non-hydrogen) atoms. The van der Waals surface area contributed by atoms with E-state index in [0.717, 1.165) is 5.56 Å². The molecule has 7 heteroatoms. The van der Waals surface area contributed by atoms with E-state index in [1.165, 1.54) is 30.7 Å². The molecule has 128 valence electrons. The molecule has 0 saturated heterocycles. The lowest BCUT2D eigenvalue weighted by Crippen LogP contribution is -2.46. The molecule has 0 aromatic heterocycles. The van der Waals surface area contributed by atoms with Gasteiger partial charge >= 0.3 is 0 Å². The fourth-order valence-corrected chi connectivity index (χ4v) is 4.49. The summed E-state index contributed by atoms with van der Waals surface area (Å²) < 4.78 is 38.0. The predicted molar refractivity (Wildman–Crippen MR) is 92.2 cm³/mol. The van der Waals surface area contributed by atoms with Crippen LogP contribution in [-0.2, 0) is 16.4 Å². The van der Waals surface area contributed by atoms with Gasteiger partial charge in [-0.1, -0.05) is 18.2 Å². The van der Waals surface area contributed by atoms with Crippen LogP contribution < -0.4 is 19.5 Å². The van der Waals surface area contributed by atoms with Crippen molar-refractivity contribution in [3.8, 4) is 11.5 Å². The van der Waals surface area contributed by atoms with Crippen LogP contribution in [0.3, 0.4) is 0 Å². The van der Waals surface area contributed by atoms with Crippen LogP contribution in [-0.4, -0.2) is 35.2 Å². The average molecular weight is 348 g/mol. The van der Waals surface area contributed by atoms with Crippen LogP contribution in [0.1, 0.15) is 5.56 Å². The van der Waals surface area contributed by atoms with Gasteiger partial charge in [-0.05, 0) is 30.2 Å². The molecule has 0 spiro atoms. The van der Waals surface area contributed by atoms with Crippen molar-refractivity contribution in [1.82, 2.24) is 0 Å². The van der Waals surface area contributed by atoms with Gasteiger partial charge in [-0.15, -0.1) is 0 Å². The maximum Gasteiger partial charge on any atom is 0.264 e. The Labute approximate surface area is 141 Å². The first-order valence-electron chi connectivity index (χ1n) is 7.55. The minimum absolute atomic E-state index is 0.143. The van der Waals surface area contributed by atoms with Crippen LogP contribution >= 0.6 is 0 Å². The van der Waals surface area contributed by atoms with Gasteiger partial charge in [-0.25, -0.2) is 8.42 Å². The first-order chi connectivity index (χ1) is 11.5. The van der Waals surface area contributed by atoms with Crippen molar-refractivity contribution in [2.45, 2.75) is 17.4 Å². The third-order valence-corrected chi connectivity index (χ3v) is 5.86. The number of benzene rings is 2. The molecular formula is C17H20N2O4S. The van der Waals surface area contributed by atoms with Crippen molar-refractivity contribution in [1.29, 1.82) is 0 Å². The zero-order chi connectivity index (χ0) is 17.3. The first-order valence-corrected chi connectivity index (χ1v) is 8.99. The predicted octanol–water partition coefficient (Wildman–Crippen LogP) is 1.78. The molecule has 1 aliphatic rings. The van der Waals surface area contributed by atoms with E-state index in [1.807, 2.05) is 18.2 Å². The minimum Gasteiger partial charge on any atom is -0.493 e. The molecule has 0 radical (unpaired) electrons. The van der Waals surface area contributed by atoms with Gasteiger partial charge in [0.05, 0.1) is 24.8 Å². The highest BCUT2D eigenvalue weighted by Gasteiger charge is 2.32. The van der Waals surface area contributed by atoms with Gasteiger partial charge in [0.15, 0.2) is 11.5 Å². The van der Waals surface area contributed by atoms with Gasteiger partial charge in [-0.2, -0.15) is 0 Å². The molecule has 1 aliphatic heterocycles. The third-order valence-electron chi connectivity index (χ3n) is 4.09. The SMILES string of the molecule is COc1ccc(S(=O)(=O)N2CC(N)Cc3ccccc32)cc1OC. The Balaban J connectivity index is 2.08. The van der Waals surface area contributed by atoms with E-state index in [9.17, 15) is 8.42 Å². The molecular weight excluding hydrogens is 328 g/mol. The van der Waals surface area contributed by atoms with E-state index >= 15 is 0 Å². The van der Waals surface area contributed by atoms with E-state index in [0.29, 0.717) is 23.6 Å². The monoisotopic (exact) mass is 348 g/mol. The molecule has 2 aromatic carbocycles. The highest BCUT2D eigenvalue weighted by molar-refractivity contribution is 7.92. The van der Waals surface area contributed by atoms with Crippen LogP contribution in [0.2, 0.25) is 0 Å². The molecule has 1 heterocycles. The summed E-state index contributed by atoms with van der Waals surface area (Å²) in [4.78, 5) is 0.143. The van der Waals surface area contributed by atoms with Crippen LogP contribution in [0.5, 0.6) is 11.5 Å². The zero-order valence-corrected chi connectivity index (χ0v) is 14.4. The Kier molecular flexibility index (Phi) is 4.38. The lowest BCUT2D eigenvalue weighted by Gasteiger charge is -2.33. The number of hydrogen-bond acceptors (Lipinski definition) is 5.